The van der Waals surface area contributed by atoms with Crippen LogP contribution in [0, 0.1) is 10.1 Å². The predicted octanol–water partition coefficient (Wildman–Crippen LogP) is 2.34. The van der Waals surface area contributed by atoms with Crippen molar-refractivity contribution in [1.29, 1.82) is 0 Å². The number of hydrogen-bond acceptors (Lipinski definition) is 5. The maximum atomic E-state index is 11.6. The lowest BCUT2D eigenvalue weighted by atomic mass is 10.0. The van der Waals surface area contributed by atoms with Gasteiger partial charge in [-0.1, -0.05) is 0 Å². The summed E-state index contributed by atoms with van der Waals surface area (Å²) < 4.78 is 0. The van der Waals surface area contributed by atoms with Gasteiger partial charge >= 0.3 is 5.97 Å². The first-order valence-corrected chi connectivity index (χ1v) is 6.68. The van der Waals surface area contributed by atoms with Crippen LogP contribution in [-0.4, -0.2) is 33.9 Å². The molecule has 0 aliphatic rings. The Balaban J connectivity index is 2.62. The zero-order chi connectivity index (χ0) is 17.0. The van der Waals surface area contributed by atoms with E-state index in [0.29, 0.717) is 17.5 Å². The Morgan fingerprint density at radius 3 is 2.48 bits per heavy atom. The van der Waals surface area contributed by atoms with E-state index in [0.717, 1.165) is 0 Å². The van der Waals surface area contributed by atoms with Gasteiger partial charge in [-0.25, -0.2) is 9.78 Å². The number of nitro benzene ring substituents is 1. The number of aromatic carboxylic acids is 1. The molecule has 0 atom stereocenters. The summed E-state index contributed by atoms with van der Waals surface area (Å²) in [5.41, 5.74) is 0.592. The van der Waals surface area contributed by atoms with Crippen molar-refractivity contribution in [2.45, 2.75) is 6.92 Å². The molecule has 2 rings (SSSR count). The minimum atomic E-state index is -1.23. The molecule has 0 saturated heterocycles. The van der Waals surface area contributed by atoms with E-state index in [1.54, 1.807) is 6.92 Å². The number of pyridine rings is 1. The Labute approximate surface area is 131 Å². The zero-order valence-corrected chi connectivity index (χ0v) is 12.2. The molecule has 1 amide bonds. The van der Waals surface area contributed by atoms with Gasteiger partial charge in [0.25, 0.3) is 5.69 Å². The van der Waals surface area contributed by atoms with Gasteiger partial charge in [0, 0.05) is 30.4 Å². The fourth-order valence-electron chi connectivity index (χ4n) is 2.16. The maximum Gasteiger partial charge on any atom is 0.340 e. The summed E-state index contributed by atoms with van der Waals surface area (Å²) in [7, 11) is 0. The molecule has 0 saturated carbocycles. The van der Waals surface area contributed by atoms with E-state index in [1.165, 1.54) is 41.4 Å². The number of non-ortho nitro benzene ring substituents is 1. The van der Waals surface area contributed by atoms with Gasteiger partial charge in [0.2, 0.25) is 6.41 Å². The van der Waals surface area contributed by atoms with Crippen molar-refractivity contribution in [3.63, 3.8) is 0 Å². The second-order valence-corrected chi connectivity index (χ2v) is 4.56. The zero-order valence-electron chi connectivity index (χ0n) is 12.2. The number of benzene rings is 1. The van der Waals surface area contributed by atoms with Crippen LogP contribution in [0.5, 0.6) is 0 Å². The average Bonchev–Trinajstić information content (AvgIpc) is 2.55. The monoisotopic (exact) mass is 315 g/mol. The maximum absolute atomic E-state index is 11.6. The first kappa shape index (κ1) is 16.1. The molecule has 1 heterocycles. The second-order valence-electron chi connectivity index (χ2n) is 4.56. The van der Waals surface area contributed by atoms with Crippen LogP contribution < -0.4 is 4.90 Å². The fourth-order valence-corrected chi connectivity index (χ4v) is 2.16. The van der Waals surface area contributed by atoms with Gasteiger partial charge in [-0.15, -0.1) is 0 Å². The van der Waals surface area contributed by atoms with Crippen LogP contribution in [0.2, 0.25) is 0 Å². The lowest BCUT2D eigenvalue weighted by molar-refractivity contribution is -0.384. The molecule has 2 aromatic rings. The summed E-state index contributed by atoms with van der Waals surface area (Å²) in [6.45, 7) is 1.96. The number of carbonyl (C=O) groups is 2. The summed E-state index contributed by atoms with van der Waals surface area (Å²) in [4.78, 5) is 38.1. The molecule has 0 bridgehead atoms. The summed E-state index contributed by atoms with van der Waals surface area (Å²) >= 11 is 0. The Kier molecular flexibility index (Phi) is 4.65. The third-order valence-corrected chi connectivity index (χ3v) is 3.27. The molecular weight excluding hydrogens is 302 g/mol. The molecule has 8 nitrogen and oxygen atoms in total. The van der Waals surface area contributed by atoms with Crippen molar-refractivity contribution in [2.24, 2.45) is 0 Å². The minimum Gasteiger partial charge on any atom is -0.478 e. The number of hydrogen-bond donors (Lipinski definition) is 1. The van der Waals surface area contributed by atoms with E-state index in [4.69, 9.17) is 0 Å². The van der Waals surface area contributed by atoms with Gasteiger partial charge in [-0.3, -0.25) is 19.8 Å². The van der Waals surface area contributed by atoms with Crippen LogP contribution in [0.1, 0.15) is 17.3 Å². The van der Waals surface area contributed by atoms with E-state index < -0.39 is 10.9 Å². The average molecular weight is 315 g/mol. The number of anilines is 1. The van der Waals surface area contributed by atoms with Gasteiger partial charge in [-0.2, -0.15) is 0 Å². The SMILES string of the molecule is CCN(C=O)c1nccc(-c2ccc([N+](=O)[O-])cc2)c1C(=O)O. The Morgan fingerprint density at radius 1 is 1.35 bits per heavy atom. The molecule has 0 unspecified atom stereocenters. The van der Waals surface area contributed by atoms with E-state index in [9.17, 15) is 24.8 Å². The smallest absolute Gasteiger partial charge is 0.340 e. The van der Waals surface area contributed by atoms with Gasteiger partial charge in [-0.05, 0) is 30.7 Å². The molecule has 8 heteroatoms. The Bertz CT molecular complexity index is 758. The van der Waals surface area contributed by atoms with Gasteiger partial charge in [0.15, 0.2) is 0 Å². The van der Waals surface area contributed by atoms with Crippen LogP contribution in [0.3, 0.4) is 0 Å². The number of nitrogens with zero attached hydrogens (tertiary/aromatic N) is 3. The molecule has 23 heavy (non-hydrogen) atoms. The molecule has 0 fully saturated rings. The minimum absolute atomic E-state index is 0.0332. The molecule has 1 N–H and O–H groups in total. The number of aromatic nitrogens is 1. The van der Waals surface area contributed by atoms with Crippen LogP contribution in [-0.2, 0) is 4.79 Å². The molecule has 0 radical (unpaired) electrons. The van der Waals surface area contributed by atoms with Crippen molar-refractivity contribution in [3.05, 3.63) is 52.2 Å². The number of amides is 1. The van der Waals surface area contributed by atoms with Crippen LogP contribution in [0.4, 0.5) is 11.5 Å². The molecule has 1 aromatic carbocycles. The van der Waals surface area contributed by atoms with E-state index in [2.05, 4.69) is 4.98 Å². The van der Waals surface area contributed by atoms with Gasteiger partial charge in [0.1, 0.15) is 11.4 Å². The van der Waals surface area contributed by atoms with Crippen molar-refractivity contribution in [3.8, 4) is 11.1 Å². The first-order valence-electron chi connectivity index (χ1n) is 6.68. The molecular formula is C15H13N3O5. The summed E-state index contributed by atoms with van der Waals surface area (Å²) in [5, 5.41) is 20.2. The van der Waals surface area contributed by atoms with Crippen molar-refractivity contribution < 1.29 is 19.6 Å². The highest BCUT2D eigenvalue weighted by atomic mass is 16.6. The molecule has 0 aliphatic heterocycles. The number of nitro groups is 1. The Morgan fingerprint density at radius 2 is 2.00 bits per heavy atom. The normalized spacial score (nSPS) is 10.1. The van der Waals surface area contributed by atoms with Crippen LogP contribution in [0.15, 0.2) is 36.5 Å². The quantitative estimate of drug-likeness (QED) is 0.497. The highest BCUT2D eigenvalue weighted by Gasteiger charge is 2.21. The number of carboxylic acids is 1. The number of carboxylic acid groups (broad SMARTS) is 1. The molecule has 118 valence electrons. The number of carbonyl (C=O) groups excluding carboxylic acids is 1. The fraction of sp³-hybridized carbons (Fsp3) is 0.133. The standard InChI is InChI=1S/C15H13N3O5/c1-2-17(9-19)14-13(15(20)21)12(7-8-16-14)10-3-5-11(6-4-10)18(22)23/h3-9H,2H2,1H3,(H,20,21). The highest BCUT2D eigenvalue weighted by molar-refractivity contribution is 6.02. The van der Waals surface area contributed by atoms with Crippen LogP contribution >= 0.6 is 0 Å². The lowest BCUT2D eigenvalue weighted by Crippen LogP contribution is -2.24. The van der Waals surface area contributed by atoms with Crippen molar-refractivity contribution in [2.75, 3.05) is 11.4 Å². The molecule has 0 spiro atoms. The molecule has 0 aliphatic carbocycles. The van der Waals surface area contributed by atoms with Crippen LogP contribution in [0.25, 0.3) is 11.1 Å². The summed E-state index contributed by atoms with van der Waals surface area (Å²) in [6, 6.07) is 6.99. The predicted molar refractivity (Wildman–Crippen MR) is 82.4 cm³/mol. The van der Waals surface area contributed by atoms with Crippen molar-refractivity contribution >= 4 is 23.9 Å². The highest BCUT2D eigenvalue weighted by Crippen LogP contribution is 2.30. The first-order chi connectivity index (χ1) is 11.0. The lowest BCUT2D eigenvalue weighted by Gasteiger charge is -2.18. The summed E-state index contributed by atoms with van der Waals surface area (Å²) in [6.07, 6.45) is 1.90. The van der Waals surface area contributed by atoms with E-state index in [-0.39, 0.29) is 23.6 Å². The second kappa shape index (κ2) is 6.65. The van der Waals surface area contributed by atoms with E-state index in [1.807, 2.05) is 0 Å². The van der Waals surface area contributed by atoms with Gasteiger partial charge in [0.05, 0.1) is 4.92 Å². The topological polar surface area (TPSA) is 114 Å². The van der Waals surface area contributed by atoms with E-state index >= 15 is 0 Å². The van der Waals surface area contributed by atoms with Gasteiger partial charge < -0.3 is 5.11 Å². The third kappa shape index (κ3) is 3.15. The Hall–Kier alpha value is -3.29. The van der Waals surface area contributed by atoms with Crippen molar-refractivity contribution in [1.82, 2.24) is 4.98 Å². The number of rotatable bonds is 6. The summed E-state index contributed by atoms with van der Waals surface area (Å²) in [5.74, 6) is -1.20. The largest absolute Gasteiger partial charge is 0.478 e. The molecule has 1 aromatic heterocycles. The third-order valence-electron chi connectivity index (χ3n) is 3.27.